The predicted octanol–water partition coefficient (Wildman–Crippen LogP) is 5.49. The molecular formula is C24H28ClN5. The number of benzene rings is 1. The van der Waals surface area contributed by atoms with Crippen LogP contribution in [-0.2, 0) is 6.54 Å². The van der Waals surface area contributed by atoms with E-state index in [-0.39, 0.29) is 0 Å². The van der Waals surface area contributed by atoms with Crippen LogP contribution >= 0.6 is 11.6 Å². The highest BCUT2D eigenvalue weighted by Crippen LogP contribution is 2.62. The van der Waals surface area contributed by atoms with Crippen molar-refractivity contribution in [1.82, 2.24) is 9.97 Å². The summed E-state index contributed by atoms with van der Waals surface area (Å²) in [7, 11) is 0. The van der Waals surface area contributed by atoms with Gasteiger partial charge in [-0.05, 0) is 72.8 Å². The molecule has 4 aliphatic rings. The Morgan fingerprint density at radius 1 is 1.17 bits per heavy atom. The number of anilines is 2. The van der Waals surface area contributed by atoms with Crippen LogP contribution in [0.3, 0.4) is 0 Å². The lowest BCUT2D eigenvalue weighted by Crippen LogP contribution is -2.52. The van der Waals surface area contributed by atoms with Gasteiger partial charge in [-0.15, -0.1) is 0 Å². The van der Waals surface area contributed by atoms with Crippen LogP contribution in [0.15, 0.2) is 30.5 Å². The molecule has 4 fully saturated rings. The fourth-order valence-corrected chi connectivity index (χ4v) is 6.64. The molecule has 6 rings (SSSR count). The molecule has 0 spiro atoms. The number of nitrogens with one attached hydrogen (secondary N) is 2. The van der Waals surface area contributed by atoms with E-state index in [1.807, 2.05) is 24.3 Å². The summed E-state index contributed by atoms with van der Waals surface area (Å²) < 4.78 is 0. The van der Waals surface area contributed by atoms with Crippen molar-refractivity contribution >= 4 is 23.4 Å². The summed E-state index contributed by atoms with van der Waals surface area (Å²) in [4.78, 5) is 8.93. The zero-order valence-corrected chi connectivity index (χ0v) is 18.1. The summed E-state index contributed by atoms with van der Waals surface area (Å²) >= 11 is 6.24. The Morgan fingerprint density at radius 2 is 1.93 bits per heavy atom. The Kier molecular flexibility index (Phi) is 5.06. The van der Waals surface area contributed by atoms with Gasteiger partial charge in [0.1, 0.15) is 17.5 Å². The first-order valence-electron chi connectivity index (χ1n) is 11.0. The molecule has 0 radical (unpaired) electrons. The second-order valence-corrected chi connectivity index (χ2v) is 10.1. The van der Waals surface area contributed by atoms with Crippen molar-refractivity contribution in [2.75, 3.05) is 17.2 Å². The van der Waals surface area contributed by atoms with Crippen LogP contribution in [0.1, 0.15) is 50.2 Å². The summed E-state index contributed by atoms with van der Waals surface area (Å²) in [5, 5.41) is 17.0. The molecule has 0 amide bonds. The van der Waals surface area contributed by atoms with Crippen LogP contribution in [0.5, 0.6) is 0 Å². The van der Waals surface area contributed by atoms with Crippen LogP contribution in [-0.4, -0.2) is 16.5 Å². The van der Waals surface area contributed by atoms with Gasteiger partial charge in [0.2, 0.25) is 5.95 Å². The predicted molar refractivity (Wildman–Crippen MR) is 119 cm³/mol. The fraction of sp³-hybridized carbons (Fsp3) is 0.542. The highest BCUT2D eigenvalue weighted by molar-refractivity contribution is 6.31. The van der Waals surface area contributed by atoms with Gasteiger partial charge in [0.15, 0.2) is 0 Å². The first-order chi connectivity index (χ1) is 14.5. The van der Waals surface area contributed by atoms with Crippen molar-refractivity contribution in [3.05, 3.63) is 46.6 Å². The number of halogens is 1. The molecule has 1 aromatic carbocycles. The van der Waals surface area contributed by atoms with E-state index in [2.05, 4.69) is 33.6 Å². The summed E-state index contributed by atoms with van der Waals surface area (Å²) in [5.74, 6) is 4.69. The molecule has 0 aliphatic heterocycles. The van der Waals surface area contributed by atoms with E-state index in [9.17, 15) is 5.26 Å². The first-order valence-corrected chi connectivity index (χ1v) is 11.4. The molecule has 4 saturated carbocycles. The monoisotopic (exact) mass is 421 g/mol. The van der Waals surface area contributed by atoms with Crippen molar-refractivity contribution in [1.29, 1.82) is 5.26 Å². The molecule has 30 heavy (non-hydrogen) atoms. The number of hydrogen-bond donors (Lipinski definition) is 2. The Hall–Kier alpha value is -2.32. The van der Waals surface area contributed by atoms with E-state index in [0.717, 1.165) is 35.8 Å². The minimum Gasteiger partial charge on any atom is -0.368 e. The van der Waals surface area contributed by atoms with Gasteiger partial charge < -0.3 is 10.6 Å². The smallest absolute Gasteiger partial charge is 0.224 e. The number of hydrogen-bond acceptors (Lipinski definition) is 5. The molecule has 5 atom stereocenters. The van der Waals surface area contributed by atoms with Crippen molar-refractivity contribution in [3.63, 3.8) is 0 Å². The lowest BCUT2D eigenvalue weighted by atomic mass is 9.46. The van der Waals surface area contributed by atoms with E-state index in [4.69, 9.17) is 11.6 Å². The number of rotatable bonds is 6. The maximum absolute atomic E-state index is 9.54. The molecule has 2 aromatic rings. The van der Waals surface area contributed by atoms with Crippen LogP contribution < -0.4 is 10.6 Å². The standard InChI is InChI=1S/C24H28ClN5/c1-15-18-6-16-7-19(15)10-24(8-16,9-18)14-29-22-20(11-26)13-28-23(30-22)27-12-17-4-2-3-5-21(17)25/h2-5,13,15-16,18-19H,6-10,12,14H2,1H3,(H2,27,28,29,30)/t15?,16?,18-,19?,24?/m1/s1. The van der Waals surface area contributed by atoms with Gasteiger partial charge in [-0.1, -0.05) is 36.7 Å². The van der Waals surface area contributed by atoms with E-state index in [1.165, 1.54) is 32.1 Å². The summed E-state index contributed by atoms with van der Waals surface area (Å²) in [5.41, 5.74) is 1.85. The summed E-state index contributed by atoms with van der Waals surface area (Å²) in [6, 6.07) is 9.96. The molecule has 0 saturated heterocycles. The van der Waals surface area contributed by atoms with Crippen molar-refractivity contribution in [2.45, 2.75) is 45.6 Å². The van der Waals surface area contributed by atoms with Crippen LogP contribution in [0.2, 0.25) is 5.02 Å². The van der Waals surface area contributed by atoms with E-state index < -0.39 is 0 Å². The van der Waals surface area contributed by atoms with Crippen molar-refractivity contribution in [3.8, 4) is 6.07 Å². The highest BCUT2D eigenvalue weighted by atomic mass is 35.5. The zero-order chi connectivity index (χ0) is 20.7. The van der Waals surface area contributed by atoms with E-state index in [1.54, 1.807) is 6.20 Å². The minimum atomic E-state index is 0.367. The highest BCUT2D eigenvalue weighted by Gasteiger charge is 2.53. The topological polar surface area (TPSA) is 73.6 Å². The summed E-state index contributed by atoms with van der Waals surface area (Å²) in [6.45, 7) is 3.90. The minimum absolute atomic E-state index is 0.367. The van der Waals surface area contributed by atoms with Crippen LogP contribution in [0.25, 0.3) is 0 Å². The summed E-state index contributed by atoms with van der Waals surface area (Å²) in [6.07, 6.45) is 8.41. The molecule has 4 bridgehead atoms. The normalized spacial score (nSPS) is 31.4. The van der Waals surface area contributed by atoms with E-state index >= 15 is 0 Å². The lowest BCUT2D eigenvalue weighted by Gasteiger charge is -2.59. The van der Waals surface area contributed by atoms with Gasteiger partial charge >= 0.3 is 0 Å². The molecule has 4 unspecified atom stereocenters. The van der Waals surface area contributed by atoms with Gasteiger partial charge in [-0.2, -0.15) is 10.2 Å². The first kappa shape index (κ1) is 19.6. The lowest BCUT2D eigenvalue weighted by molar-refractivity contribution is -0.0822. The largest absolute Gasteiger partial charge is 0.368 e. The zero-order valence-electron chi connectivity index (χ0n) is 17.4. The van der Waals surface area contributed by atoms with Gasteiger partial charge in [-0.25, -0.2) is 4.98 Å². The second-order valence-electron chi connectivity index (χ2n) is 9.70. The molecule has 6 heteroatoms. The quantitative estimate of drug-likeness (QED) is 0.645. The van der Waals surface area contributed by atoms with Gasteiger partial charge in [0.05, 0.1) is 6.20 Å². The Bertz CT molecular complexity index is 968. The molecule has 2 N–H and O–H groups in total. The number of nitriles is 1. The molecule has 4 aliphatic carbocycles. The Morgan fingerprint density at radius 3 is 2.67 bits per heavy atom. The van der Waals surface area contributed by atoms with Gasteiger partial charge in [0.25, 0.3) is 0 Å². The third kappa shape index (κ3) is 3.63. The Labute approximate surface area is 183 Å². The molecule has 1 aromatic heterocycles. The average Bonchev–Trinajstić information content (AvgIpc) is 2.75. The number of aromatic nitrogens is 2. The molecule has 156 valence electrons. The SMILES string of the molecule is CC1C2CC3C[C@@H]1CC(CNc1nc(NCc4ccccc4Cl)ncc1C#N)(C3)C2. The average molecular weight is 422 g/mol. The van der Waals surface area contributed by atoms with Gasteiger partial charge in [-0.3, -0.25) is 0 Å². The Balaban J connectivity index is 1.29. The van der Waals surface area contributed by atoms with Gasteiger partial charge in [0, 0.05) is 18.1 Å². The molecular weight excluding hydrogens is 394 g/mol. The third-order valence-electron chi connectivity index (χ3n) is 7.81. The maximum Gasteiger partial charge on any atom is 0.224 e. The number of nitrogens with zero attached hydrogens (tertiary/aromatic N) is 3. The third-order valence-corrected chi connectivity index (χ3v) is 8.17. The van der Waals surface area contributed by atoms with Crippen LogP contribution in [0, 0.1) is 40.4 Å². The van der Waals surface area contributed by atoms with Crippen molar-refractivity contribution < 1.29 is 0 Å². The van der Waals surface area contributed by atoms with Crippen molar-refractivity contribution in [2.24, 2.45) is 29.1 Å². The molecule has 1 heterocycles. The second kappa shape index (κ2) is 7.74. The maximum atomic E-state index is 9.54. The van der Waals surface area contributed by atoms with Crippen LogP contribution in [0.4, 0.5) is 11.8 Å². The fourth-order valence-electron chi connectivity index (χ4n) is 6.43. The van der Waals surface area contributed by atoms with E-state index in [0.29, 0.717) is 34.3 Å². The molecule has 5 nitrogen and oxygen atoms in total.